The summed E-state index contributed by atoms with van der Waals surface area (Å²) >= 11 is 0. The van der Waals surface area contributed by atoms with Crippen LogP contribution in [0.5, 0.6) is 0 Å². The van der Waals surface area contributed by atoms with E-state index in [0.29, 0.717) is 23.7 Å². The second-order valence-corrected chi connectivity index (χ2v) is 12.3. The highest BCUT2D eigenvalue weighted by atomic mass is 17.1. The molecule has 3 saturated carbocycles. The maximum absolute atomic E-state index is 10.3. The predicted molar refractivity (Wildman–Crippen MR) is 122 cm³/mol. The molecule has 9 atom stereocenters. The van der Waals surface area contributed by atoms with Gasteiger partial charge in [-0.3, -0.25) is 5.26 Å². The van der Waals surface area contributed by atoms with Crippen molar-refractivity contribution < 1.29 is 15.3 Å². The first kappa shape index (κ1) is 22.8. The number of rotatable bonds is 6. The van der Waals surface area contributed by atoms with Crippen molar-refractivity contribution in [2.75, 3.05) is 0 Å². The van der Waals surface area contributed by atoms with Crippen molar-refractivity contribution in [1.29, 1.82) is 0 Å². The van der Waals surface area contributed by atoms with Crippen molar-refractivity contribution in [1.82, 2.24) is 0 Å². The normalized spacial score (nSPS) is 46.7. The molecule has 0 radical (unpaired) electrons. The van der Waals surface area contributed by atoms with E-state index in [1.54, 1.807) is 0 Å². The summed E-state index contributed by atoms with van der Waals surface area (Å²) in [5.41, 5.74) is 1.71. The van der Waals surface area contributed by atoms with Gasteiger partial charge in [-0.05, 0) is 79.4 Å². The van der Waals surface area contributed by atoms with E-state index in [2.05, 4.69) is 40.7 Å². The highest BCUT2D eigenvalue weighted by Crippen LogP contribution is 2.67. The number of aliphatic hydroxyl groups excluding tert-OH is 1. The molecular weight excluding hydrogens is 372 g/mol. The first-order valence-corrected chi connectivity index (χ1v) is 12.9. The molecule has 0 aromatic rings. The highest BCUT2D eigenvalue weighted by molar-refractivity contribution is 5.27. The van der Waals surface area contributed by atoms with Gasteiger partial charge in [0, 0.05) is 11.8 Å². The third-order valence-corrected chi connectivity index (χ3v) is 10.5. The van der Waals surface area contributed by atoms with Crippen molar-refractivity contribution in [2.24, 2.45) is 46.3 Å². The quantitative estimate of drug-likeness (QED) is 0.281. The fourth-order valence-electron chi connectivity index (χ4n) is 8.85. The zero-order chi connectivity index (χ0) is 21.7. The summed E-state index contributed by atoms with van der Waals surface area (Å²) in [4.78, 5) is 5.04. The maximum atomic E-state index is 10.3. The molecule has 0 saturated heterocycles. The Balaban J connectivity index is 1.53. The Morgan fingerprint density at radius 1 is 1.10 bits per heavy atom. The van der Waals surface area contributed by atoms with E-state index in [0.717, 1.165) is 36.5 Å². The molecule has 0 spiro atoms. The molecule has 0 amide bonds. The summed E-state index contributed by atoms with van der Waals surface area (Å²) in [5.74, 6) is 4.60. The third kappa shape index (κ3) is 3.61. The molecule has 3 nitrogen and oxygen atoms in total. The fraction of sp³-hybridized carbons (Fsp3) is 0.926. The zero-order valence-corrected chi connectivity index (χ0v) is 20.1. The Morgan fingerprint density at radius 3 is 2.57 bits per heavy atom. The first-order chi connectivity index (χ1) is 14.2. The molecule has 172 valence electrons. The van der Waals surface area contributed by atoms with Crippen molar-refractivity contribution in [3.05, 3.63) is 11.6 Å². The van der Waals surface area contributed by atoms with Gasteiger partial charge in [0.1, 0.15) is 6.10 Å². The van der Waals surface area contributed by atoms with E-state index in [1.807, 2.05) is 0 Å². The van der Waals surface area contributed by atoms with E-state index in [4.69, 9.17) is 4.89 Å². The van der Waals surface area contributed by atoms with Gasteiger partial charge in [-0.15, -0.1) is 0 Å². The van der Waals surface area contributed by atoms with Crippen LogP contribution in [0, 0.1) is 46.3 Å². The summed E-state index contributed by atoms with van der Waals surface area (Å²) in [5, 5.41) is 20.1. The molecule has 0 aliphatic heterocycles. The Morgan fingerprint density at radius 2 is 1.87 bits per heavy atom. The standard InChI is InChI=1S/C27H46O3/c1-17(2)7-6-8-18(3)22-11-12-23-21-10-9-19-15-20(28)16-25(30-29)27(19,5)24(21)13-14-26(22,23)4/h9,17-18,20-25,28-29H,6-8,10-16H2,1-5H3/t18-,20+,21+,22-,23+,24+,25?,26-,27+/m1/s1. The van der Waals surface area contributed by atoms with E-state index in [1.165, 1.54) is 50.5 Å². The zero-order valence-electron chi connectivity index (χ0n) is 20.1. The average molecular weight is 419 g/mol. The highest BCUT2D eigenvalue weighted by Gasteiger charge is 2.61. The van der Waals surface area contributed by atoms with Gasteiger partial charge < -0.3 is 5.11 Å². The van der Waals surface area contributed by atoms with Crippen LogP contribution in [0.4, 0.5) is 0 Å². The van der Waals surface area contributed by atoms with Crippen molar-refractivity contribution in [3.8, 4) is 0 Å². The lowest BCUT2D eigenvalue weighted by Crippen LogP contribution is -2.56. The molecule has 4 aliphatic carbocycles. The third-order valence-electron chi connectivity index (χ3n) is 10.5. The number of allylic oxidation sites excluding steroid dienone is 1. The molecule has 1 unspecified atom stereocenters. The Kier molecular flexibility index (Phi) is 6.48. The summed E-state index contributed by atoms with van der Waals surface area (Å²) in [6.45, 7) is 12.2. The van der Waals surface area contributed by atoms with Gasteiger partial charge in [-0.1, -0.05) is 65.5 Å². The van der Waals surface area contributed by atoms with Crippen LogP contribution in [0.15, 0.2) is 11.6 Å². The molecule has 3 fully saturated rings. The number of hydrogen-bond acceptors (Lipinski definition) is 3. The summed E-state index contributed by atoms with van der Waals surface area (Å²) in [6, 6.07) is 0. The molecule has 4 aliphatic rings. The van der Waals surface area contributed by atoms with Crippen LogP contribution in [-0.2, 0) is 4.89 Å². The largest absolute Gasteiger partial charge is 0.393 e. The van der Waals surface area contributed by atoms with Gasteiger partial charge in [-0.2, -0.15) is 0 Å². The molecule has 0 aromatic heterocycles. The Labute approximate surface area is 184 Å². The van der Waals surface area contributed by atoms with Crippen molar-refractivity contribution in [2.45, 2.75) is 111 Å². The van der Waals surface area contributed by atoms with Crippen LogP contribution < -0.4 is 0 Å². The molecular formula is C27H46O3. The van der Waals surface area contributed by atoms with E-state index in [9.17, 15) is 10.4 Å². The number of hydrogen-bond donors (Lipinski definition) is 2. The van der Waals surface area contributed by atoms with E-state index in [-0.39, 0.29) is 17.6 Å². The van der Waals surface area contributed by atoms with Gasteiger partial charge in [0.25, 0.3) is 0 Å². The second kappa shape index (κ2) is 8.52. The Hall–Kier alpha value is -0.380. The van der Waals surface area contributed by atoms with Gasteiger partial charge in [0.15, 0.2) is 0 Å². The SMILES string of the molecule is CC(C)CCC[C@@H](C)[C@H]1CC[C@H]2[C@@H]3CC=C4C[C@H](O)CC(OO)[C@]4(C)[C@H]3CC[C@]12C. The van der Waals surface area contributed by atoms with Crippen LogP contribution in [-0.4, -0.2) is 22.6 Å². The fourth-order valence-corrected chi connectivity index (χ4v) is 8.85. The summed E-state index contributed by atoms with van der Waals surface area (Å²) in [7, 11) is 0. The number of aliphatic hydroxyl groups is 1. The molecule has 2 N–H and O–H groups in total. The lowest BCUT2D eigenvalue weighted by atomic mass is 9.46. The van der Waals surface area contributed by atoms with Gasteiger partial charge >= 0.3 is 0 Å². The van der Waals surface area contributed by atoms with Crippen LogP contribution >= 0.6 is 0 Å². The van der Waals surface area contributed by atoms with Gasteiger partial charge in [0.05, 0.1) is 6.10 Å². The van der Waals surface area contributed by atoms with Crippen LogP contribution in [0.3, 0.4) is 0 Å². The maximum Gasteiger partial charge on any atom is 0.104 e. The van der Waals surface area contributed by atoms with Crippen molar-refractivity contribution in [3.63, 3.8) is 0 Å². The first-order valence-electron chi connectivity index (χ1n) is 12.9. The minimum Gasteiger partial charge on any atom is -0.393 e. The van der Waals surface area contributed by atoms with Crippen molar-refractivity contribution >= 4 is 0 Å². The second-order valence-electron chi connectivity index (χ2n) is 12.3. The molecule has 30 heavy (non-hydrogen) atoms. The molecule has 3 heteroatoms. The van der Waals surface area contributed by atoms with E-state index >= 15 is 0 Å². The van der Waals surface area contributed by atoms with E-state index < -0.39 is 0 Å². The summed E-state index contributed by atoms with van der Waals surface area (Å²) in [6.07, 6.45) is 13.7. The van der Waals surface area contributed by atoms with Gasteiger partial charge in [-0.25, -0.2) is 4.89 Å². The summed E-state index contributed by atoms with van der Waals surface area (Å²) < 4.78 is 0. The minimum atomic E-state index is -0.380. The van der Waals surface area contributed by atoms with Crippen LogP contribution in [0.2, 0.25) is 0 Å². The smallest absolute Gasteiger partial charge is 0.104 e. The Bertz CT molecular complexity index is 642. The lowest BCUT2D eigenvalue weighted by Gasteiger charge is -2.59. The molecule has 0 bridgehead atoms. The minimum absolute atomic E-state index is 0.112. The molecule has 0 aromatic carbocycles. The van der Waals surface area contributed by atoms with Crippen LogP contribution in [0.1, 0.15) is 98.8 Å². The average Bonchev–Trinajstić information content (AvgIpc) is 3.05. The number of fused-ring (bicyclic) bond motifs is 5. The van der Waals surface area contributed by atoms with Gasteiger partial charge in [0.2, 0.25) is 0 Å². The molecule has 4 rings (SSSR count). The lowest BCUT2D eigenvalue weighted by molar-refractivity contribution is -0.317. The predicted octanol–water partition coefficient (Wildman–Crippen LogP) is 6.86. The molecule has 0 heterocycles. The topological polar surface area (TPSA) is 49.7 Å². The van der Waals surface area contributed by atoms with Crippen LogP contribution in [0.25, 0.3) is 0 Å². The monoisotopic (exact) mass is 418 g/mol.